The molecule has 22 heavy (non-hydrogen) atoms. The molecule has 1 aromatic heterocycles. The lowest BCUT2D eigenvalue weighted by Crippen LogP contribution is -2.29. The Morgan fingerprint density at radius 2 is 2.00 bits per heavy atom. The standard InChI is InChI=1S/C15H27N3O3S/c1-15(2,3)14-13(22(19,20)16-9-10-21-4)11-18(17-14)12-7-5-6-8-12/h11-12,16H,5-10H2,1-4H3. The van der Waals surface area contributed by atoms with Gasteiger partial charge >= 0.3 is 0 Å². The Kier molecular flexibility index (Phi) is 5.29. The minimum absolute atomic E-state index is 0.261. The van der Waals surface area contributed by atoms with Gasteiger partial charge in [0, 0.05) is 25.3 Å². The van der Waals surface area contributed by atoms with Gasteiger partial charge in [-0.15, -0.1) is 0 Å². The molecular weight excluding hydrogens is 302 g/mol. The molecule has 1 heterocycles. The van der Waals surface area contributed by atoms with Crippen LogP contribution in [0.3, 0.4) is 0 Å². The second kappa shape index (κ2) is 6.68. The van der Waals surface area contributed by atoms with Crippen LogP contribution < -0.4 is 4.72 Å². The van der Waals surface area contributed by atoms with Crippen LogP contribution >= 0.6 is 0 Å². The zero-order valence-electron chi connectivity index (χ0n) is 13.9. The van der Waals surface area contributed by atoms with Gasteiger partial charge in [0.25, 0.3) is 0 Å². The average Bonchev–Trinajstić information content (AvgIpc) is 3.07. The Labute approximate surface area is 133 Å². The third kappa shape index (κ3) is 3.88. The number of nitrogens with zero attached hydrogens (tertiary/aromatic N) is 2. The van der Waals surface area contributed by atoms with E-state index in [4.69, 9.17) is 4.74 Å². The fraction of sp³-hybridized carbons (Fsp3) is 0.800. The highest BCUT2D eigenvalue weighted by Gasteiger charge is 2.31. The highest BCUT2D eigenvalue weighted by atomic mass is 32.2. The number of sulfonamides is 1. The van der Waals surface area contributed by atoms with Crippen LogP contribution in [0.5, 0.6) is 0 Å². The molecule has 0 atom stereocenters. The van der Waals surface area contributed by atoms with E-state index < -0.39 is 10.0 Å². The molecule has 0 saturated heterocycles. The Hall–Kier alpha value is -0.920. The second-order valence-electron chi connectivity index (χ2n) is 6.90. The van der Waals surface area contributed by atoms with Gasteiger partial charge < -0.3 is 4.74 Å². The monoisotopic (exact) mass is 329 g/mol. The van der Waals surface area contributed by atoms with Crippen LogP contribution in [0.1, 0.15) is 58.2 Å². The fourth-order valence-corrected chi connectivity index (χ4v) is 4.16. The van der Waals surface area contributed by atoms with Crippen molar-refractivity contribution in [2.45, 2.75) is 62.8 Å². The molecule has 1 aliphatic rings. The maximum atomic E-state index is 12.6. The van der Waals surface area contributed by atoms with Crippen LogP contribution in [0.25, 0.3) is 0 Å². The number of aromatic nitrogens is 2. The summed E-state index contributed by atoms with van der Waals surface area (Å²) in [5, 5.41) is 4.62. The Balaban J connectivity index is 2.35. The lowest BCUT2D eigenvalue weighted by molar-refractivity contribution is 0.204. The van der Waals surface area contributed by atoms with Gasteiger partial charge in [0.15, 0.2) is 0 Å². The molecule has 1 saturated carbocycles. The van der Waals surface area contributed by atoms with E-state index in [9.17, 15) is 8.42 Å². The van der Waals surface area contributed by atoms with E-state index in [1.165, 1.54) is 12.8 Å². The van der Waals surface area contributed by atoms with Gasteiger partial charge in [-0.25, -0.2) is 13.1 Å². The van der Waals surface area contributed by atoms with E-state index in [0.717, 1.165) is 12.8 Å². The number of nitrogens with one attached hydrogen (secondary N) is 1. The summed E-state index contributed by atoms with van der Waals surface area (Å²) in [6, 6.07) is 0.323. The molecule has 2 rings (SSSR count). The normalized spacial score (nSPS) is 17.3. The molecule has 1 aromatic rings. The van der Waals surface area contributed by atoms with Crippen molar-refractivity contribution in [3.8, 4) is 0 Å². The van der Waals surface area contributed by atoms with Crippen molar-refractivity contribution < 1.29 is 13.2 Å². The summed E-state index contributed by atoms with van der Waals surface area (Å²) >= 11 is 0. The van der Waals surface area contributed by atoms with Gasteiger partial charge in [0.1, 0.15) is 4.90 Å². The summed E-state index contributed by atoms with van der Waals surface area (Å²) in [6.45, 7) is 6.57. The first kappa shape index (κ1) is 17.4. The van der Waals surface area contributed by atoms with Gasteiger partial charge in [-0.05, 0) is 12.8 Å². The largest absolute Gasteiger partial charge is 0.383 e. The number of ether oxygens (including phenoxy) is 1. The molecule has 0 spiro atoms. The van der Waals surface area contributed by atoms with Crippen molar-refractivity contribution in [2.75, 3.05) is 20.3 Å². The first-order chi connectivity index (χ1) is 10.3. The Morgan fingerprint density at radius 1 is 1.36 bits per heavy atom. The van der Waals surface area contributed by atoms with Crippen LogP contribution in [-0.2, 0) is 20.2 Å². The molecule has 1 N–H and O–H groups in total. The third-order valence-corrected chi connectivity index (χ3v) is 5.46. The Morgan fingerprint density at radius 3 is 2.55 bits per heavy atom. The van der Waals surface area contributed by atoms with Crippen molar-refractivity contribution in [3.63, 3.8) is 0 Å². The maximum Gasteiger partial charge on any atom is 0.244 e. The van der Waals surface area contributed by atoms with Gasteiger partial charge in [0.2, 0.25) is 10.0 Å². The first-order valence-corrected chi connectivity index (χ1v) is 9.32. The molecule has 0 radical (unpaired) electrons. The summed E-state index contributed by atoms with van der Waals surface area (Å²) < 4.78 is 34.5. The summed E-state index contributed by atoms with van der Waals surface area (Å²) in [7, 11) is -2.02. The number of rotatable bonds is 6. The molecule has 126 valence electrons. The van der Waals surface area contributed by atoms with Crippen LogP contribution in [0.15, 0.2) is 11.1 Å². The van der Waals surface area contributed by atoms with Crippen molar-refractivity contribution in [1.29, 1.82) is 0 Å². The molecule has 1 fully saturated rings. The predicted molar refractivity (Wildman–Crippen MR) is 85.5 cm³/mol. The van der Waals surface area contributed by atoms with Crippen molar-refractivity contribution in [3.05, 3.63) is 11.9 Å². The zero-order valence-corrected chi connectivity index (χ0v) is 14.7. The molecule has 0 aliphatic heterocycles. The highest BCUT2D eigenvalue weighted by Crippen LogP contribution is 2.33. The van der Waals surface area contributed by atoms with Gasteiger partial charge in [-0.1, -0.05) is 33.6 Å². The topological polar surface area (TPSA) is 73.2 Å². The van der Waals surface area contributed by atoms with Crippen molar-refractivity contribution >= 4 is 10.0 Å². The van der Waals surface area contributed by atoms with Crippen molar-refractivity contribution in [2.24, 2.45) is 0 Å². The number of hydrogen-bond acceptors (Lipinski definition) is 4. The molecule has 0 amide bonds. The zero-order chi connectivity index (χ0) is 16.4. The van der Waals surface area contributed by atoms with E-state index in [2.05, 4.69) is 9.82 Å². The van der Waals surface area contributed by atoms with Crippen LogP contribution in [-0.4, -0.2) is 38.5 Å². The van der Waals surface area contributed by atoms with Crippen LogP contribution in [0, 0.1) is 0 Å². The first-order valence-electron chi connectivity index (χ1n) is 7.84. The number of hydrogen-bond donors (Lipinski definition) is 1. The fourth-order valence-electron chi connectivity index (χ4n) is 2.80. The molecule has 7 heteroatoms. The minimum Gasteiger partial charge on any atom is -0.383 e. The molecular formula is C15H27N3O3S. The van der Waals surface area contributed by atoms with E-state index in [1.807, 2.05) is 25.5 Å². The summed E-state index contributed by atoms with van der Waals surface area (Å²) in [6.07, 6.45) is 6.21. The SMILES string of the molecule is COCCNS(=O)(=O)c1cn(C2CCCC2)nc1C(C)(C)C. The summed E-state index contributed by atoms with van der Waals surface area (Å²) in [5.74, 6) is 0. The van der Waals surface area contributed by atoms with Crippen molar-refractivity contribution in [1.82, 2.24) is 14.5 Å². The second-order valence-corrected chi connectivity index (χ2v) is 8.64. The summed E-state index contributed by atoms with van der Waals surface area (Å²) in [5.41, 5.74) is 0.305. The van der Waals surface area contributed by atoms with Crippen LogP contribution in [0.2, 0.25) is 0 Å². The van der Waals surface area contributed by atoms with E-state index in [1.54, 1.807) is 13.3 Å². The molecule has 0 bridgehead atoms. The van der Waals surface area contributed by atoms with Gasteiger partial charge in [-0.3, -0.25) is 4.68 Å². The lowest BCUT2D eigenvalue weighted by Gasteiger charge is -2.17. The van der Waals surface area contributed by atoms with Gasteiger partial charge in [0.05, 0.1) is 18.3 Å². The van der Waals surface area contributed by atoms with Crippen LogP contribution in [0.4, 0.5) is 0 Å². The average molecular weight is 329 g/mol. The van der Waals surface area contributed by atoms with E-state index >= 15 is 0 Å². The quantitative estimate of drug-likeness (QED) is 0.812. The molecule has 0 unspecified atom stereocenters. The minimum atomic E-state index is -3.57. The summed E-state index contributed by atoms with van der Waals surface area (Å²) in [4.78, 5) is 0.294. The molecule has 0 aromatic carbocycles. The smallest absolute Gasteiger partial charge is 0.244 e. The maximum absolute atomic E-state index is 12.6. The predicted octanol–water partition coefficient (Wildman–Crippen LogP) is 2.22. The Bertz CT molecular complexity index is 596. The third-order valence-electron chi connectivity index (χ3n) is 4.00. The number of methoxy groups -OCH3 is 1. The van der Waals surface area contributed by atoms with E-state index in [0.29, 0.717) is 23.2 Å². The highest BCUT2D eigenvalue weighted by molar-refractivity contribution is 7.89. The molecule has 1 aliphatic carbocycles. The van der Waals surface area contributed by atoms with E-state index in [-0.39, 0.29) is 12.0 Å². The molecule has 6 nitrogen and oxygen atoms in total. The van der Waals surface area contributed by atoms with Gasteiger partial charge in [-0.2, -0.15) is 5.10 Å². The lowest BCUT2D eigenvalue weighted by atomic mass is 9.92.